The Morgan fingerprint density at radius 3 is 2.58 bits per heavy atom. The van der Waals surface area contributed by atoms with Crippen LogP contribution in [0.5, 0.6) is 28.7 Å². The van der Waals surface area contributed by atoms with Crippen molar-refractivity contribution in [1.29, 1.82) is 0 Å². The van der Waals surface area contributed by atoms with Gasteiger partial charge in [-0.05, 0) is 156 Å². The fourth-order valence-electron chi connectivity index (χ4n) is 15.4. The van der Waals surface area contributed by atoms with Crippen LogP contribution in [0.4, 0.5) is 0 Å². The Morgan fingerprint density at radius 2 is 1.75 bits per heavy atom. The SMILES string of the molecule is COc1cc2c(cc1O)C1=C[C@H]3C[C@]4(C[C@@H](Cn5c(-c6cccc(O)c6)cc6[nH]ccc65)C[C@@H]4C=O)[C@H]4C[C@H](O)CC[C@H]4[C@@H]3[C@@H]2CC(=O)C[C@@H]([C@H](O)Cc2ccc(O)c(OCCO)c2)OC(=O)CC#CCc2c1[nH]c1ccccc21. The minimum absolute atomic E-state index is 0.0294. The number of H-pyrrole nitrogens is 2. The molecule has 4 aromatic carbocycles. The van der Waals surface area contributed by atoms with Crippen LogP contribution in [0.2, 0.25) is 0 Å². The maximum absolute atomic E-state index is 15.3. The number of aliphatic hydroxyl groups is 3. The molecule has 11 atom stereocenters. The van der Waals surface area contributed by atoms with Crippen LogP contribution >= 0.6 is 0 Å². The van der Waals surface area contributed by atoms with Gasteiger partial charge in [0.1, 0.15) is 37.0 Å². The molecule has 0 radical (unpaired) electrons. The summed E-state index contributed by atoms with van der Waals surface area (Å²) in [5, 5.41) is 67.1. The van der Waals surface area contributed by atoms with Crippen LogP contribution in [0.1, 0.15) is 91.7 Å². The van der Waals surface area contributed by atoms with Gasteiger partial charge in [-0.25, -0.2) is 0 Å². The fraction of sp³-hybridized carbons (Fsp3) is 0.400. The van der Waals surface area contributed by atoms with Gasteiger partial charge in [-0.15, -0.1) is 0 Å². The van der Waals surface area contributed by atoms with Crippen LogP contribution in [0, 0.1) is 52.8 Å². The number of hydrogen-bond donors (Lipinski definition) is 8. The number of phenols is 3. The van der Waals surface area contributed by atoms with Crippen molar-refractivity contribution in [3.05, 3.63) is 131 Å². The molecule has 5 aliphatic rings. The molecule has 0 unspecified atom stereocenters. The highest BCUT2D eigenvalue weighted by molar-refractivity contribution is 5.94. The van der Waals surface area contributed by atoms with Crippen molar-refractivity contribution >= 4 is 45.5 Å². The number of cyclic esters (lactones) is 1. The number of ketones is 1. The second kappa shape index (κ2) is 21.7. The van der Waals surface area contributed by atoms with E-state index in [1.54, 1.807) is 30.3 Å². The first-order valence-electron chi connectivity index (χ1n) is 28.1. The molecule has 3 aromatic heterocycles. The van der Waals surface area contributed by atoms with E-state index in [9.17, 15) is 40.2 Å². The molecule has 3 fully saturated rings. The van der Waals surface area contributed by atoms with Gasteiger partial charge in [0.2, 0.25) is 0 Å². The number of hydrogen-bond acceptors (Lipinski definition) is 12. The molecule has 12 rings (SSSR count). The van der Waals surface area contributed by atoms with Gasteiger partial charge in [-0.1, -0.05) is 54.3 Å². The van der Waals surface area contributed by atoms with Gasteiger partial charge in [0.15, 0.2) is 23.0 Å². The molecule has 3 saturated carbocycles. The lowest BCUT2D eigenvalue weighted by atomic mass is 9.46. The summed E-state index contributed by atoms with van der Waals surface area (Å²) < 4.78 is 19.8. The molecule has 1 aliphatic heterocycles. The molecule has 0 saturated heterocycles. The average molecular weight is 1080 g/mol. The zero-order chi connectivity index (χ0) is 55.4. The lowest BCUT2D eigenvalue weighted by molar-refractivity contribution is -0.155. The van der Waals surface area contributed by atoms with Gasteiger partial charge in [-0.3, -0.25) is 9.59 Å². The normalized spacial score (nSPS) is 27.0. The number of para-hydroxylation sites is 1. The zero-order valence-corrected chi connectivity index (χ0v) is 44.6. The highest BCUT2D eigenvalue weighted by Crippen LogP contribution is 2.68. The van der Waals surface area contributed by atoms with Crippen molar-refractivity contribution in [3.63, 3.8) is 0 Å². The average Bonchev–Trinajstić information content (AvgIpc) is 4.27. The first-order valence-corrected chi connectivity index (χ1v) is 28.1. The highest BCUT2D eigenvalue weighted by atomic mass is 16.6. The molecule has 4 aliphatic carbocycles. The van der Waals surface area contributed by atoms with E-state index in [1.165, 1.54) is 19.5 Å². The van der Waals surface area contributed by atoms with E-state index < -0.39 is 35.6 Å². The van der Waals surface area contributed by atoms with Crippen LogP contribution in [0.15, 0.2) is 103 Å². The van der Waals surface area contributed by atoms with E-state index in [2.05, 4.69) is 44.6 Å². The molecule has 2 bridgehead atoms. The molecule has 80 heavy (non-hydrogen) atoms. The number of benzene rings is 4. The summed E-state index contributed by atoms with van der Waals surface area (Å²) in [5.41, 5.74) is 8.71. The molecule has 4 heterocycles. The number of rotatable bonds is 11. The van der Waals surface area contributed by atoms with E-state index in [-0.39, 0.29) is 115 Å². The number of aldehydes is 1. The number of ether oxygens (including phenoxy) is 3. The van der Waals surface area contributed by atoms with Crippen molar-refractivity contribution in [2.75, 3.05) is 20.3 Å². The topological polar surface area (TPSA) is 237 Å². The number of Topliss-reactive ketones (excluding diaryl/α,β-unsaturated/α-hetero) is 1. The van der Waals surface area contributed by atoms with Crippen molar-refractivity contribution in [2.24, 2.45) is 40.9 Å². The van der Waals surface area contributed by atoms with Gasteiger partial charge >= 0.3 is 5.97 Å². The Hall–Kier alpha value is -7.77. The summed E-state index contributed by atoms with van der Waals surface area (Å²) in [6, 6.07) is 27.6. The number of carbonyl (C=O) groups is 3. The Bertz CT molecular complexity index is 3610. The molecule has 8 N–H and O–H groups in total. The van der Waals surface area contributed by atoms with Crippen molar-refractivity contribution in [1.82, 2.24) is 14.5 Å². The third-order valence-corrected chi connectivity index (χ3v) is 18.6. The number of aromatic nitrogens is 3. The number of methoxy groups -OCH3 is 1. The standard InChI is InChI=1S/C65H67N3O12/c1-78-59-30-48-47(29-58(59)76)50-25-39-33-65(32-37(21-40(65)35-70)34-68-54-17-18-66-53(54)31-55(68)38-7-6-8-41(71)24-38)51-27-42(72)14-15-46(51)63(39)49(48)26-43(73)28-61(57(75)22-36-13-16-56(74)60(23-36)79-20-19-69)80-62(77)12-5-3-10-45-44-9-2-4-11-52(44)67-64(45)50/h2,4,6-9,11,13,16-18,23-25,29-31,35,37,39-40,42,46,49,51,57,61,63,66-67,69,71-72,74-76H,10,12,14-15,19-22,26-28,32-34H2,1H3/t37-,39-,40+,42+,46+,49+,51-,57+,61-,63+,65-/m0/s1. The minimum Gasteiger partial charge on any atom is -0.508 e. The van der Waals surface area contributed by atoms with Crippen molar-refractivity contribution < 1.29 is 59.2 Å². The van der Waals surface area contributed by atoms with Crippen LogP contribution in [0.3, 0.4) is 0 Å². The molecule has 15 heteroatoms. The minimum atomic E-state index is -1.37. The molecule has 414 valence electrons. The first kappa shape index (κ1) is 52.9. The smallest absolute Gasteiger partial charge is 0.318 e. The number of nitrogens with one attached hydrogen (secondary N) is 2. The van der Waals surface area contributed by atoms with Gasteiger partial charge in [0.25, 0.3) is 0 Å². The highest BCUT2D eigenvalue weighted by Gasteiger charge is 2.62. The Labute approximate surface area is 463 Å². The van der Waals surface area contributed by atoms with E-state index >= 15 is 4.79 Å². The number of esters is 1. The van der Waals surface area contributed by atoms with Gasteiger partial charge in [-0.2, -0.15) is 0 Å². The molecular weight excluding hydrogens is 1010 g/mol. The summed E-state index contributed by atoms with van der Waals surface area (Å²) in [5.74, 6) is 4.17. The number of aromatic amines is 2. The lowest BCUT2D eigenvalue weighted by Gasteiger charge is -2.58. The number of aliphatic hydroxyl groups excluding tert-OH is 3. The Morgan fingerprint density at radius 1 is 0.900 bits per heavy atom. The molecule has 1 spiro atoms. The van der Waals surface area contributed by atoms with Crippen molar-refractivity contribution in [3.8, 4) is 51.8 Å². The van der Waals surface area contributed by atoms with Crippen LogP contribution in [0.25, 0.3) is 38.8 Å². The van der Waals surface area contributed by atoms with E-state index in [0.29, 0.717) is 44.2 Å². The number of phenolic OH excluding ortho intramolecular Hbond substituents is 3. The van der Waals surface area contributed by atoms with Gasteiger partial charge in [0.05, 0.1) is 48.3 Å². The predicted octanol–water partition coefficient (Wildman–Crippen LogP) is 9.28. The maximum Gasteiger partial charge on any atom is 0.318 e. The summed E-state index contributed by atoms with van der Waals surface area (Å²) in [4.78, 5) is 50.3. The number of aromatic hydroxyl groups is 3. The Kier molecular flexibility index (Phi) is 14.4. The van der Waals surface area contributed by atoms with Gasteiger partial charge < -0.3 is 64.2 Å². The second-order valence-corrected chi connectivity index (χ2v) is 23.1. The maximum atomic E-state index is 15.3. The first-order chi connectivity index (χ1) is 38.8. The van der Waals surface area contributed by atoms with Crippen LogP contribution in [-0.4, -0.2) is 102 Å². The third kappa shape index (κ3) is 9.71. The fourth-order valence-corrected chi connectivity index (χ4v) is 15.4. The lowest BCUT2D eigenvalue weighted by Crippen LogP contribution is -2.53. The summed E-state index contributed by atoms with van der Waals surface area (Å²) in [7, 11) is 1.50. The number of nitrogens with zero attached hydrogens (tertiary/aromatic N) is 1. The second-order valence-electron chi connectivity index (χ2n) is 23.1. The van der Waals surface area contributed by atoms with Crippen LogP contribution in [-0.2, 0) is 38.5 Å². The number of allylic oxidation sites excluding steroid dienone is 1. The van der Waals surface area contributed by atoms with E-state index in [1.807, 2.05) is 48.7 Å². The monoisotopic (exact) mass is 1080 g/mol. The Balaban J connectivity index is 0.996. The van der Waals surface area contributed by atoms with E-state index in [0.717, 1.165) is 67.6 Å². The summed E-state index contributed by atoms with van der Waals surface area (Å²) in [6.45, 7) is 0.275. The number of fused-ring (bicyclic) bond motifs is 10. The summed E-state index contributed by atoms with van der Waals surface area (Å²) in [6.07, 6.45) is 5.32. The largest absolute Gasteiger partial charge is 0.508 e. The molecular formula is C65H67N3O12. The van der Waals surface area contributed by atoms with Crippen molar-refractivity contribution in [2.45, 2.75) is 101 Å². The summed E-state index contributed by atoms with van der Waals surface area (Å²) >= 11 is 0. The van der Waals surface area contributed by atoms with E-state index in [4.69, 9.17) is 14.2 Å². The molecule has 7 aromatic rings. The molecule has 15 nitrogen and oxygen atoms in total. The quantitative estimate of drug-likeness (QED) is 0.0344. The zero-order valence-electron chi connectivity index (χ0n) is 44.6. The van der Waals surface area contributed by atoms with Gasteiger partial charge in [0, 0.05) is 66.4 Å². The predicted molar refractivity (Wildman–Crippen MR) is 300 cm³/mol. The van der Waals surface area contributed by atoms with Crippen LogP contribution < -0.4 is 9.47 Å². The molecule has 0 amide bonds. The number of carbonyl (C=O) groups excluding carboxylic acids is 3. The third-order valence-electron chi connectivity index (χ3n) is 18.6.